The number of nitrogens with zero attached hydrogens (tertiary/aromatic N) is 1. The van der Waals surface area contributed by atoms with Gasteiger partial charge in [-0.2, -0.15) is 0 Å². The molecule has 24 heavy (non-hydrogen) atoms. The van der Waals surface area contributed by atoms with Crippen LogP contribution in [-0.4, -0.2) is 21.8 Å². The molecular formula is C16H12F2N4O2. The largest absolute Gasteiger partial charge is 0.345 e. The minimum Gasteiger partial charge on any atom is -0.345 e. The maximum absolute atomic E-state index is 13.9. The molecule has 3 rings (SSSR count). The summed E-state index contributed by atoms with van der Waals surface area (Å²) in [5.41, 5.74) is 0.312. The number of amides is 2. The highest BCUT2D eigenvalue weighted by Crippen LogP contribution is 2.25. The fourth-order valence-electron chi connectivity index (χ4n) is 2.26. The van der Waals surface area contributed by atoms with Crippen molar-refractivity contribution in [3.63, 3.8) is 0 Å². The van der Waals surface area contributed by atoms with Gasteiger partial charge in [0.15, 0.2) is 0 Å². The lowest BCUT2D eigenvalue weighted by molar-refractivity contribution is -0.114. The summed E-state index contributed by atoms with van der Waals surface area (Å²) in [5, 5.41) is 5.17. The number of hydrogen-bond acceptors (Lipinski definition) is 3. The van der Waals surface area contributed by atoms with Crippen LogP contribution in [0.3, 0.4) is 0 Å². The second-order valence-electron chi connectivity index (χ2n) is 5.05. The molecule has 0 spiro atoms. The second-order valence-corrected chi connectivity index (χ2v) is 5.05. The summed E-state index contributed by atoms with van der Waals surface area (Å²) in [6.45, 7) is 1.19. The van der Waals surface area contributed by atoms with E-state index >= 15 is 0 Å². The van der Waals surface area contributed by atoms with Crippen molar-refractivity contribution in [2.45, 2.75) is 6.92 Å². The number of hydrogen-bond donors (Lipinski definition) is 3. The highest BCUT2D eigenvalue weighted by molar-refractivity contribution is 6.12. The van der Waals surface area contributed by atoms with Gasteiger partial charge in [-0.1, -0.05) is 0 Å². The molecule has 122 valence electrons. The van der Waals surface area contributed by atoms with E-state index in [1.165, 1.54) is 13.1 Å². The lowest BCUT2D eigenvalue weighted by Crippen LogP contribution is -2.14. The van der Waals surface area contributed by atoms with Gasteiger partial charge in [0.1, 0.15) is 17.3 Å². The van der Waals surface area contributed by atoms with E-state index in [1.807, 2.05) is 0 Å². The van der Waals surface area contributed by atoms with Crippen LogP contribution in [-0.2, 0) is 4.79 Å². The van der Waals surface area contributed by atoms with E-state index < -0.39 is 23.4 Å². The number of nitrogens with one attached hydrogen (secondary N) is 3. The molecule has 0 aliphatic heterocycles. The number of carbonyl (C=O) groups is 2. The average Bonchev–Trinajstić information content (AvgIpc) is 2.95. The molecule has 2 aromatic heterocycles. The standard InChI is InChI=1S/C16H12F2N4O2/c1-8(23)21-13-6-14(12(18)5-11(13)17)22-16(24)10-7-20-15-9(10)3-2-4-19-15/h2-7H,1H3,(H,19,20)(H,21,23)(H,22,24). The molecule has 0 radical (unpaired) electrons. The molecule has 0 saturated carbocycles. The van der Waals surface area contributed by atoms with Gasteiger partial charge in [0.25, 0.3) is 5.91 Å². The Morgan fingerprint density at radius 2 is 1.83 bits per heavy atom. The van der Waals surface area contributed by atoms with Crippen molar-refractivity contribution in [1.29, 1.82) is 0 Å². The van der Waals surface area contributed by atoms with Crippen molar-refractivity contribution in [3.05, 3.63) is 53.9 Å². The van der Waals surface area contributed by atoms with Crippen molar-refractivity contribution >= 4 is 34.2 Å². The van der Waals surface area contributed by atoms with Crippen LogP contribution >= 0.6 is 0 Å². The lowest BCUT2D eigenvalue weighted by atomic mass is 10.2. The Morgan fingerprint density at radius 3 is 2.54 bits per heavy atom. The number of halogens is 2. The SMILES string of the molecule is CC(=O)Nc1cc(NC(=O)c2c[nH]c3ncccc23)c(F)cc1F. The van der Waals surface area contributed by atoms with Crippen molar-refractivity contribution in [3.8, 4) is 0 Å². The molecule has 0 bridgehead atoms. The highest BCUT2D eigenvalue weighted by Gasteiger charge is 2.16. The van der Waals surface area contributed by atoms with Crippen LogP contribution < -0.4 is 10.6 Å². The number of H-pyrrole nitrogens is 1. The third kappa shape index (κ3) is 2.94. The molecule has 0 saturated heterocycles. The zero-order valence-corrected chi connectivity index (χ0v) is 12.5. The van der Waals surface area contributed by atoms with Gasteiger partial charge in [0.2, 0.25) is 5.91 Å². The first-order valence-corrected chi connectivity index (χ1v) is 6.96. The molecule has 6 nitrogen and oxygen atoms in total. The second kappa shape index (κ2) is 6.07. The molecule has 0 fully saturated rings. The summed E-state index contributed by atoms with van der Waals surface area (Å²) in [4.78, 5) is 30.3. The molecule has 0 aliphatic rings. The van der Waals surface area contributed by atoms with E-state index in [4.69, 9.17) is 0 Å². The molecule has 2 heterocycles. The zero-order chi connectivity index (χ0) is 17.3. The van der Waals surface area contributed by atoms with Crippen molar-refractivity contribution < 1.29 is 18.4 Å². The minimum atomic E-state index is -0.951. The molecular weight excluding hydrogens is 318 g/mol. The topological polar surface area (TPSA) is 86.9 Å². The lowest BCUT2D eigenvalue weighted by Gasteiger charge is -2.10. The van der Waals surface area contributed by atoms with Gasteiger partial charge in [0.05, 0.1) is 16.9 Å². The van der Waals surface area contributed by atoms with Crippen LogP contribution in [0.1, 0.15) is 17.3 Å². The van der Waals surface area contributed by atoms with Gasteiger partial charge in [-0.15, -0.1) is 0 Å². The van der Waals surface area contributed by atoms with Gasteiger partial charge < -0.3 is 15.6 Å². The van der Waals surface area contributed by atoms with Crippen LogP contribution in [0.5, 0.6) is 0 Å². The maximum Gasteiger partial charge on any atom is 0.257 e. The van der Waals surface area contributed by atoms with Gasteiger partial charge in [0, 0.05) is 30.8 Å². The highest BCUT2D eigenvalue weighted by atomic mass is 19.1. The number of fused-ring (bicyclic) bond motifs is 1. The predicted molar refractivity (Wildman–Crippen MR) is 84.7 cm³/mol. The third-order valence-electron chi connectivity index (χ3n) is 3.31. The van der Waals surface area contributed by atoms with Crippen molar-refractivity contribution in [2.24, 2.45) is 0 Å². The van der Waals surface area contributed by atoms with E-state index in [2.05, 4.69) is 20.6 Å². The summed E-state index contributed by atoms with van der Waals surface area (Å²) in [6, 6.07) is 4.98. The van der Waals surface area contributed by atoms with Gasteiger partial charge in [-0.25, -0.2) is 13.8 Å². The van der Waals surface area contributed by atoms with E-state index in [0.717, 1.165) is 6.07 Å². The quantitative estimate of drug-likeness (QED) is 0.690. The smallest absolute Gasteiger partial charge is 0.257 e. The predicted octanol–water partition coefficient (Wildman–Crippen LogP) is 3.05. The fourth-order valence-corrected chi connectivity index (χ4v) is 2.26. The van der Waals surface area contributed by atoms with Crippen molar-refractivity contribution in [2.75, 3.05) is 10.6 Å². The molecule has 0 atom stereocenters. The van der Waals surface area contributed by atoms with Gasteiger partial charge >= 0.3 is 0 Å². The molecule has 0 aliphatic carbocycles. The Hall–Kier alpha value is -3.29. The summed E-state index contributed by atoms with van der Waals surface area (Å²) < 4.78 is 27.5. The molecule has 0 unspecified atom stereocenters. The normalized spacial score (nSPS) is 10.6. The zero-order valence-electron chi connectivity index (χ0n) is 12.5. The number of pyridine rings is 1. The molecule has 3 aromatic rings. The third-order valence-corrected chi connectivity index (χ3v) is 3.31. The Morgan fingerprint density at radius 1 is 1.12 bits per heavy atom. The van der Waals surface area contributed by atoms with Crippen LogP contribution in [0, 0.1) is 11.6 Å². The Kier molecular flexibility index (Phi) is 3.95. The molecule has 2 amide bonds. The summed E-state index contributed by atoms with van der Waals surface area (Å²) in [7, 11) is 0. The first kappa shape index (κ1) is 15.6. The van der Waals surface area contributed by atoms with Crippen LogP contribution in [0.2, 0.25) is 0 Å². The summed E-state index contributed by atoms with van der Waals surface area (Å²) >= 11 is 0. The molecule has 1 aromatic carbocycles. The van der Waals surface area contributed by atoms with Gasteiger partial charge in [-0.05, 0) is 18.2 Å². The Bertz CT molecular complexity index is 952. The van der Waals surface area contributed by atoms with Crippen LogP contribution in [0.15, 0.2) is 36.7 Å². The van der Waals surface area contributed by atoms with E-state index in [-0.39, 0.29) is 16.9 Å². The first-order valence-electron chi connectivity index (χ1n) is 6.96. The summed E-state index contributed by atoms with van der Waals surface area (Å²) in [6.07, 6.45) is 3.02. The van der Waals surface area contributed by atoms with E-state index in [9.17, 15) is 18.4 Å². The van der Waals surface area contributed by atoms with Crippen LogP contribution in [0.25, 0.3) is 11.0 Å². The number of aromatic nitrogens is 2. The molecule has 3 N–H and O–H groups in total. The Labute approximate surface area is 134 Å². The number of carbonyl (C=O) groups excluding carboxylic acids is 2. The van der Waals surface area contributed by atoms with Gasteiger partial charge in [-0.3, -0.25) is 9.59 Å². The van der Waals surface area contributed by atoms with Crippen molar-refractivity contribution in [1.82, 2.24) is 9.97 Å². The first-order chi connectivity index (χ1) is 11.5. The molecule has 8 heteroatoms. The van der Waals surface area contributed by atoms with E-state index in [1.54, 1.807) is 18.3 Å². The number of aromatic amines is 1. The average molecular weight is 330 g/mol. The maximum atomic E-state index is 13.9. The Balaban J connectivity index is 1.93. The minimum absolute atomic E-state index is 0.222. The fraction of sp³-hybridized carbons (Fsp3) is 0.0625. The van der Waals surface area contributed by atoms with Crippen LogP contribution in [0.4, 0.5) is 20.2 Å². The number of rotatable bonds is 3. The van der Waals surface area contributed by atoms with E-state index in [0.29, 0.717) is 17.1 Å². The number of anilines is 2. The monoisotopic (exact) mass is 330 g/mol. The summed E-state index contributed by atoms with van der Waals surface area (Å²) in [5.74, 6) is -2.99. The number of benzene rings is 1.